The smallest absolute Gasteiger partial charge is 0.322 e. The lowest BCUT2D eigenvalue weighted by molar-refractivity contribution is 0.0909. The van der Waals surface area contributed by atoms with E-state index in [1.807, 2.05) is 6.07 Å². The number of carbonyl (C=O) groups is 2. The van der Waals surface area contributed by atoms with Crippen LogP contribution in [-0.2, 0) is 6.42 Å². The molecule has 0 radical (unpaired) electrons. The van der Waals surface area contributed by atoms with Crippen LogP contribution in [0.15, 0.2) is 59.2 Å². The van der Waals surface area contributed by atoms with Gasteiger partial charge in [0.1, 0.15) is 5.82 Å². The molecular weight excluding hydrogens is 429 g/mol. The highest BCUT2D eigenvalue weighted by molar-refractivity contribution is 5.92. The molecule has 1 unspecified atom stereocenters. The molecule has 0 fully saturated rings. The summed E-state index contributed by atoms with van der Waals surface area (Å²) in [4.78, 5) is 27.2. The predicted octanol–water partition coefficient (Wildman–Crippen LogP) is 4.00. The topological polar surface area (TPSA) is 93.0 Å². The molecule has 172 valence electrons. The van der Waals surface area contributed by atoms with Crippen molar-refractivity contribution in [1.82, 2.24) is 10.2 Å². The van der Waals surface area contributed by atoms with E-state index in [9.17, 15) is 14.0 Å². The van der Waals surface area contributed by atoms with Crippen LogP contribution in [0.3, 0.4) is 0 Å². The molecule has 3 aromatic rings. The van der Waals surface area contributed by atoms with Crippen LogP contribution in [0.25, 0.3) is 0 Å². The quantitative estimate of drug-likeness (QED) is 0.589. The fourth-order valence-corrected chi connectivity index (χ4v) is 3.93. The molecule has 1 atom stereocenters. The number of hydrogen-bond donors (Lipinski definition) is 2. The molecule has 2 heterocycles. The summed E-state index contributed by atoms with van der Waals surface area (Å²) in [5.74, 6) is 0.328. The summed E-state index contributed by atoms with van der Waals surface area (Å²) < 4.78 is 30.1. The summed E-state index contributed by atoms with van der Waals surface area (Å²) in [5.41, 5.74) is 1.86. The number of fused-ring (bicyclic) bond motifs is 1. The number of benzene rings is 2. The maximum atomic E-state index is 14.1. The van der Waals surface area contributed by atoms with Crippen LogP contribution in [-0.4, -0.2) is 44.1 Å². The van der Waals surface area contributed by atoms with E-state index < -0.39 is 23.8 Å². The van der Waals surface area contributed by atoms with Gasteiger partial charge < -0.3 is 29.4 Å². The zero-order valence-electron chi connectivity index (χ0n) is 18.3. The van der Waals surface area contributed by atoms with E-state index in [0.29, 0.717) is 24.5 Å². The number of carbonyl (C=O) groups excluding carboxylic acids is 2. The minimum absolute atomic E-state index is 0.0824. The van der Waals surface area contributed by atoms with Gasteiger partial charge in [-0.15, -0.1) is 0 Å². The van der Waals surface area contributed by atoms with E-state index >= 15 is 0 Å². The van der Waals surface area contributed by atoms with E-state index in [4.69, 9.17) is 13.9 Å². The van der Waals surface area contributed by atoms with Gasteiger partial charge in [0.2, 0.25) is 0 Å². The molecule has 0 aliphatic carbocycles. The van der Waals surface area contributed by atoms with Crippen LogP contribution in [0.2, 0.25) is 0 Å². The first-order valence-corrected chi connectivity index (χ1v) is 10.4. The lowest BCUT2D eigenvalue weighted by atomic mass is 9.91. The maximum Gasteiger partial charge on any atom is 0.322 e. The summed E-state index contributed by atoms with van der Waals surface area (Å²) in [7, 11) is 3.09. The highest BCUT2D eigenvalue weighted by atomic mass is 19.1. The van der Waals surface area contributed by atoms with Gasteiger partial charge in [-0.2, -0.15) is 0 Å². The molecule has 1 aromatic heterocycles. The third-order valence-electron chi connectivity index (χ3n) is 5.58. The minimum atomic E-state index is -0.530. The number of ether oxygens (including phenoxy) is 2. The molecule has 2 aromatic carbocycles. The molecule has 9 heteroatoms. The van der Waals surface area contributed by atoms with Gasteiger partial charge >= 0.3 is 6.03 Å². The van der Waals surface area contributed by atoms with Gasteiger partial charge in [0.15, 0.2) is 17.3 Å². The molecule has 4 rings (SSSR count). The SMILES string of the molecule is COc1cc2c(cc1OC)C(CNC(=O)c1ccco1)N(C(=O)Nc1ccccc1F)CC2. The Bertz CT molecular complexity index is 1150. The summed E-state index contributed by atoms with van der Waals surface area (Å²) >= 11 is 0. The molecule has 0 saturated carbocycles. The van der Waals surface area contributed by atoms with Crippen molar-refractivity contribution in [2.24, 2.45) is 0 Å². The van der Waals surface area contributed by atoms with Crippen LogP contribution in [0.1, 0.15) is 27.7 Å². The lowest BCUT2D eigenvalue weighted by Crippen LogP contribution is -2.47. The molecular formula is C24H24FN3O5. The highest BCUT2D eigenvalue weighted by Crippen LogP contribution is 2.38. The fourth-order valence-electron chi connectivity index (χ4n) is 3.93. The Morgan fingerprint density at radius 2 is 1.88 bits per heavy atom. The Kier molecular flexibility index (Phi) is 6.48. The van der Waals surface area contributed by atoms with Crippen LogP contribution >= 0.6 is 0 Å². The lowest BCUT2D eigenvalue weighted by Gasteiger charge is -2.37. The summed E-state index contributed by atoms with van der Waals surface area (Å²) in [6.45, 7) is 0.483. The second-order valence-electron chi connectivity index (χ2n) is 7.46. The number of halogens is 1. The van der Waals surface area contributed by atoms with Crippen molar-refractivity contribution >= 4 is 17.6 Å². The number of nitrogens with zero attached hydrogens (tertiary/aromatic N) is 1. The Hall–Kier alpha value is -4.01. The van der Waals surface area contributed by atoms with Gasteiger partial charge in [-0.25, -0.2) is 9.18 Å². The summed E-state index contributed by atoms with van der Waals surface area (Å²) in [5, 5.41) is 5.45. The first-order valence-electron chi connectivity index (χ1n) is 10.4. The number of anilines is 1. The van der Waals surface area contributed by atoms with Gasteiger partial charge in [0, 0.05) is 13.1 Å². The zero-order valence-corrected chi connectivity index (χ0v) is 18.3. The Morgan fingerprint density at radius 3 is 2.58 bits per heavy atom. The standard InChI is InChI=1S/C24H24FN3O5/c1-31-21-12-15-9-10-28(24(30)27-18-7-4-3-6-17(18)25)19(16(15)13-22(21)32-2)14-26-23(29)20-8-5-11-33-20/h3-8,11-13,19H,9-10,14H2,1-2H3,(H,26,29)(H,27,30). The van der Waals surface area contributed by atoms with E-state index in [2.05, 4.69) is 10.6 Å². The van der Waals surface area contributed by atoms with Crippen molar-refractivity contribution in [1.29, 1.82) is 0 Å². The average molecular weight is 453 g/mol. The molecule has 1 aliphatic rings. The number of para-hydroxylation sites is 1. The van der Waals surface area contributed by atoms with Crippen LogP contribution in [0.4, 0.5) is 14.9 Å². The summed E-state index contributed by atoms with van der Waals surface area (Å²) in [6.07, 6.45) is 1.97. The number of urea groups is 1. The largest absolute Gasteiger partial charge is 0.493 e. The molecule has 0 spiro atoms. The zero-order chi connectivity index (χ0) is 23.4. The second-order valence-corrected chi connectivity index (χ2v) is 7.46. The normalized spacial score (nSPS) is 14.9. The molecule has 8 nitrogen and oxygen atoms in total. The first kappa shape index (κ1) is 22.2. The van der Waals surface area contributed by atoms with Gasteiger partial charge in [0.05, 0.1) is 32.2 Å². The average Bonchev–Trinajstić information content (AvgIpc) is 3.37. The van der Waals surface area contributed by atoms with Crippen LogP contribution in [0.5, 0.6) is 11.5 Å². The van der Waals surface area contributed by atoms with Gasteiger partial charge in [0.25, 0.3) is 5.91 Å². The van der Waals surface area contributed by atoms with Crippen LogP contribution < -0.4 is 20.1 Å². The fraction of sp³-hybridized carbons (Fsp3) is 0.250. The Morgan fingerprint density at radius 1 is 1.12 bits per heavy atom. The predicted molar refractivity (Wildman–Crippen MR) is 119 cm³/mol. The number of furan rings is 1. The highest BCUT2D eigenvalue weighted by Gasteiger charge is 2.33. The number of rotatable bonds is 6. The van der Waals surface area contributed by atoms with E-state index in [1.165, 1.54) is 25.5 Å². The Labute approximate surface area is 190 Å². The third-order valence-corrected chi connectivity index (χ3v) is 5.58. The Balaban J connectivity index is 1.64. The van der Waals surface area contributed by atoms with Crippen molar-refractivity contribution in [3.8, 4) is 11.5 Å². The van der Waals surface area contributed by atoms with E-state index in [0.717, 1.165) is 11.1 Å². The van der Waals surface area contributed by atoms with Crippen molar-refractivity contribution < 1.29 is 27.9 Å². The van der Waals surface area contributed by atoms with E-state index in [1.54, 1.807) is 42.3 Å². The van der Waals surface area contributed by atoms with E-state index in [-0.39, 0.29) is 18.0 Å². The second kappa shape index (κ2) is 9.64. The van der Waals surface area contributed by atoms with Crippen molar-refractivity contribution in [3.05, 3.63) is 77.5 Å². The van der Waals surface area contributed by atoms with Crippen molar-refractivity contribution in [3.63, 3.8) is 0 Å². The number of amides is 3. The van der Waals surface area contributed by atoms with Gasteiger partial charge in [-0.3, -0.25) is 4.79 Å². The van der Waals surface area contributed by atoms with Gasteiger partial charge in [-0.1, -0.05) is 12.1 Å². The monoisotopic (exact) mass is 453 g/mol. The molecule has 2 N–H and O–H groups in total. The maximum absolute atomic E-state index is 14.1. The molecule has 33 heavy (non-hydrogen) atoms. The van der Waals surface area contributed by atoms with Crippen molar-refractivity contribution in [2.45, 2.75) is 12.5 Å². The summed E-state index contributed by atoms with van der Waals surface area (Å²) in [6, 6.07) is 11.8. The molecule has 0 saturated heterocycles. The number of nitrogens with one attached hydrogen (secondary N) is 2. The first-order chi connectivity index (χ1) is 16.0. The van der Waals surface area contributed by atoms with Crippen LogP contribution in [0, 0.1) is 5.82 Å². The van der Waals surface area contributed by atoms with Crippen molar-refractivity contribution in [2.75, 3.05) is 32.6 Å². The third kappa shape index (κ3) is 4.62. The molecule has 3 amide bonds. The number of methoxy groups -OCH3 is 2. The number of hydrogen-bond acceptors (Lipinski definition) is 5. The molecule has 1 aliphatic heterocycles. The molecule has 0 bridgehead atoms. The van der Waals surface area contributed by atoms with Gasteiger partial charge in [-0.05, 0) is 53.9 Å². The minimum Gasteiger partial charge on any atom is -0.493 e.